The summed E-state index contributed by atoms with van der Waals surface area (Å²) in [5, 5.41) is 6.81. The first-order valence-electron chi connectivity index (χ1n) is 13.7. The van der Waals surface area contributed by atoms with Gasteiger partial charge in [0.1, 0.15) is 5.75 Å². The van der Waals surface area contributed by atoms with Crippen molar-refractivity contribution in [1.82, 2.24) is 24.5 Å². The molecule has 3 aliphatic rings. The topological polar surface area (TPSA) is 100 Å². The van der Waals surface area contributed by atoms with Crippen molar-refractivity contribution in [3.63, 3.8) is 0 Å². The molecular formula is C28H38N6O4. The number of ether oxygens (including phenoxy) is 1. The first-order valence-corrected chi connectivity index (χ1v) is 13.7. The Morgan fingerprint density at radius 2 is 1.74 bits per heavy atom. The summed E-state index contributed by atoms with van der Waals surface area (Å²) in [4.78, 5) is 43.2. The molecule has 204 valence electrons. The SMILES string of the molecule is CC(=O)Nc1ccn(C(=O)N2CCC3(CCCN3Cc3ccc(C)cc3OCC(=O)N3CCCC3)CC2)n1. The number of aromatic nitrogens is 2. The number of aryl methyl sites for hydroxylation is 1. The molecule has 0 saturated carbocycles. The number of anilines is 1. The predicted molar refractivity (Wildman–Crippen MR) is 143 cm³/mol. The number of rotatable bonds is 6. The molecule has 5 rings (SSSR count). The zero-order valence-electron chi connectivity index (χ0n) is 22.4. The summed E-state index contributed by atoms with van der Waals surface area (Å²) in [6.45, 7) is 8.28. The van der Waals surface area contributed by atoms with Crippen LogP contribution in [0.3, 0.4) is 0 Å². The van der Waals surface area contributed by atoms with Gasteiger partial charge < -0.3 is 19.9 Å². The summed E-state index contributed by atoms with van der Waals surface area (Å²) in [5.41, 5.74) is 2.27. The first-order chi connectivity index (χ1) is 18.3. The molecule has 0 atom stereocenters. The van der Waals surface area contributed by atoms with E-state index in [4.69, 9.17) is 4.74 Å². The smallest absolute Gasteiger partial charge is 0.344 e. The minimum atomic E-state index is -0.218. The van der Waals surface area contributed by atoms with E-state index in [1.54, 1.807) is 12.3 Å². The fourth-order valence-electron chi connectivity index (χ4n) is 6.07. The van der Waals surface area contributed by atoms with Crippen molar-refractivity contribution in [2.75, 3.05) is 44.6 Å². The van der Waals surface area contributed by atoms with E-state index >= 15 is 0 Å². The van der Waals surface area contributed by atoms with Crippen LogP contribution >= 0.6 is 0 Å². The molecule has 10 nitrogen and oxygen atoms in total. The lowest BCUT2D eigenvalue weighted by atomic mass is 9.84. The number of hydrogen-bond donors (Lipinski definition) is 1. The molecule has 1 spiro atoms. The summed E-state index contributed by atoms with van der Waals surface area (Å²) in [6.07, 6.45) is 7.76. The molecule has 3 amide bonds. The second-order valence-corrected chi connectivity index (χ2v) is 10.8. The van der Waals surface area contributed by atoms with Crippen LogP contribution in [-0.2, 0) is 16.1 Å². The fraction of sp³-hybridized carbons (Fsp3) is 0.571. The van der Waals surface area contributed by atoms with Crippen molar-refractivity contribution >= 4 is 23.7 Å². The van der Waals surface area contributed by atoms with Gasteiger partial charge >= 0.3 is 6.03 Å². The van der Waals surface area contributed by atoms with Crippen molar-refractivity contribution in [2.45, 2.75) is 64.5 Å². The zero-order valence-corrected chi connectivity index (χ0v) is 22.4. The molecule has 0 aliphatic carbocycles. The normalized spacial score (nSPS) is 19.2. The van der Waals surface area contributed by atoms with Gasteiger partial charge in [0, 0.05) is 63.0 Å². The summed E-state index contributed by atoms with van der Waals surface area (Å²) >= 11 is 0. The Morgan fingerprint density at radius 3 is 2.47 bits per heavy atom. The van der Waals surface area contributed by atoms with Gasteiger partial charge in [-0.2, -0.15) is 4.68 Å². The van der Waals surface area contributed by atoms with Crippen molar-refractivity contribution < 1.29 is 19.1 Å². The molecule has 2 aromatic rings. The molecule has 1 N–H and O–H groups in total. The number of piperidine rings is 1. The maximum absolute atomic E-state index is 13.0. The molecule has 10 heteroatoms. The summed E-state index contributed by atoms with van der Waals surface area (Å²) in [6, 6.07) is 7.73. The highest BCUT2D eigenvalue weighted by Gasteiger charge is 2.44. The van der Waals surface area contributed by atoms with Gasteiger partial charge in [-0.3, -0.25) is 14.5 Å². The number of carbonyl (C=O) groups is 3. The van der Waals surface area contributed by atoms with E-state index in [0.29, 0.717) is 18.9 Å². The Bertz CT molecular complexity index is 1180. The molecule has 3 fully saturated rings. The summed E-state index contributed by atoms with van der Waals surface area (Å²) in [7, 11) is 0. The van der Waals surface area contributed by atoms with E-state index in [-0.39, 0.29) is 30.0 Å². The first kappa shape index (κ1) is 26.2. The Balaban J connectivity index is 1.21. The largest absolute Gasteiger partial charge is 0.483 e. The predicted octanol–water partition coefficient (Wildman–Crippen LogP) is 3.25. The Morgan fingerprint density at radius 1 is 0.974 bits per heavy atom. The molecule has 0 unspecified atom stereocenters. The van der Waals surface area contributed by atoms with Crippen LogP contribution in [0.2, 0.25) is 0 Å². The van der Waals surface area contributed by atoms with Gasteiger partial charge in [0.25, 0.3) is 5.91 Å². The maximum atomic E-state index is 13.0. The van der Waals surface area contributed by atoms with Crippen LogP contribution in [0.25, 0.3) is 0 Å². The van der Waals surface area contributed by atoms with E-state index < -0.39 is 0 Å². The highest BCUT2D eigenvalue weighted by atomic mass is 16.5. The second-order valence-electron chi connectivity index (χ2n) is 10.8. The minimum Gasteiger partial charge on any atom is -0.483 e. The summed E-state index contributed by atoms with van der Waals surface area (Å²) in [5.74, 6) is 1.01. The molecular weight excluding hydrogens is 484 g/mol. The average Bonchev–Trinajstić information content (AvgIpc) is 3.66. The molecule has 3 saturated heterocycles. The van der Waals surface area contributed by atoms with Gasteiger partial charge in [0.05, 0.1) is 0 Å². The third-order valence-corrected chi connectivity index (χ3v) is 8.19. The van der Waals surface area contributed by atoms with Crippen LogP contribution in [0.5, 0.6) is 5.75 Å². The van der Waals surface area contributed by atoms with Crippen LogP contribution in [0.4, 0.5) is 10.6 Å². The van der Waals surface area contributed by atoms with Crippen molar-refractivity contribution in [2.24, 2.45) is 0 Å². The lowest BCUT2D eigenvalue weighted by Gasteiger charge is -2.45. The number of hydrogen-bond acceptors (Lipinski definition) is 6. The molecule has 3 aliphatic heterocycles. The number of amides is 3. The van der Waals surface area contributed by atoms with Gasteiger partial charge in [0.2, 0.25) is 5.91 Å². The molecule has 4 heterocycles. The Hall–Kier alpha value is -3.40. The van der Waals surface area contributed by atoms with Crippen LogP contribution < -0.4 is 10.1 Å². The second kappa shape index (κ2) is 11.1. The van der Waals surface area contributed by atoms with E-state index in [0.717, 1.165) is 81.6 Å². The molecule has 0 radical (unpaired) electrons. The molecule has 1 aromatic carbocycles. The summed E-state index contributed by atoms with van der Waals surface area (Å²) < 4.78 is 7.40. The number of benzene rings is 1. The van der Waals surface area contributed by atoms with Crippen LogP contribution in [0, 0.1) is 6.92 Å². The lowest BCUT2D eigenvalue weighted by molar-refractivity contribution is -0.132. The Kier molecular flexibility index (Phi) is 7.69. The van der Waals surface area contributed by atoms with Gasteiger partial charge in [0.15, 0.2) is 12.4 Å². The third kappa shape index (κ3) is 5.70. The zero-order chi connectivity index (χ0) is 26.7. The monoisotopic (exact) mass is 522 g/mol. The van der Waals surface area contributed by atoms with Crippen LogP contribution in [0.15, 0.2) is 30.5 Å². The van der Waals surface area contributed by atoms with E-state index in [1.165, 1.54) is 11.6 Å². The minimum absolute atomic E-state index is 0.0514. The van der Waals surface area contributed by atoms with Crippen molar-refractivity contribution in [1.29, 1.82) is 0 Å². The molecule has 38 heavy (non-hydrogen) atoms. The Labute approximate surface area is 223 Å². The van der Waals surface area contributed by atoms with Crippen molar-refractivity contribution in [3.05, 3.63) is 41.6 Å². The fourth-order valence-corrected chi connectivity index (χ4v) is 6.07. The van der Waals surface area contributed by atoms with Gasteiger partial charge in [-0.05, 0) is 63.6 Å². The third-order valence-electron chi connectivity index (χ3n) is 8.19. The maximum Gasteiger partial charge on any atom is 0.344 e. The standard InChI is InChI=1S/C28H38N6O4/c1-21-6-7-23(24(18-21)38-20-26(36)31-12-3-4-13-31)19-33-14-5-9-28(33)10-16-32(17-11-28)27(37)34-15-8-25(30-34)29-22(2)35/h6-8,15,18H,3-5,9-14,16-17,19-20H2,1-2H3,(H,29,30,35). The highest BCUT2D eigenvalue weighted by molar-refractivity contribution is 5.88. The van der Waals surface area contributed by atoms with E-state index in [9.17, 15) is 14.4 Å². The van der Waals surface area contributed by atoms with Crippen LogP contribution in [0.1, 0.15) is 56.6 Å². The lowest BCUT2D eigenvalue weighted by Crippen LogP contribution is -2.53. The molecule has 1 aromatic heterocycles. The number of nitrogens with one attached hydrogen (secondary N) is 1. The number of likely N-dealkylation sites (tertiary alicyclic amines) is 3. The number of carbonyl (C=O) groups excluding carboxylic acids is 3. The van der Waals surface area contributed by atoms with E-state index in [2.05, 4.69) is 27.4 Å². The molecule has 0 bridgehead atoms. The highest BCUT2D eigenvalue weighted by Crippen LogP contribution is 2.40. The van der Waals surface area contributed by atoms with E-state index in [1.807, 2.05) is 22.8 Å². The van der Waals surface area contributed by atoms with Gasteiger partial charge in [-0.25, -0.2) is 4.79 Å². The van der Waals surface area contributed by atoms with Crippen molar-refractivity contribution in [3.8, 4) is 5.75 Å². The van der Waals surface area contributed by atoms with Gasteiger partial charge in [-0.1, -0.05) is 12.1 Å². The van der Waals surface area contributed by atoms with Crippen LogP contribution in [-0.4, -0.2) is 87.2 Å². The number of nitrogens with zero attached hydrogens (tertiary/aromatic N) is 5. The quantitative estimate of drug-likeness (QED) is 0.625. The average molecular weight is 523 g/mol. The van der Waals surface area contributed by atoms with Gasteiger partial charge in [-0.15, -0.1) is 5.10 Å².